The minimum Gasteiger partial charge on any atom is -0.361 e. The highest BCUT2D eigenvalue weighted by atomic mass is 16.2. The van der Waals surface area contributed by atoms with Gasteiger partial charge in [0.1, 0.15) is 0 Å². The fraction of sp³-hybridized carbons (Fsp3) is 0.565. The Morgan fingerprint density at radius 2 is 2.00 bits per heavy atom. The van der Waals surface area contributed by atoms with Crippen LogP contribution in [0.2, 0.25) is 0 Å². The van der Waals surface area contributed by atoms with Crippen molar-refractivity contribution < 1.29 is 4.79 Å². The zero-order valence-corrected chi connectivity index (χ0v) is 18.2. The molecule has 2 atom stereocenters. The van der Waals surface area contributed by atoms with Gasteiger partial charge in [0, 0.05) is 48.8 Å². The molecule has 2 amide bonds. The number of urea groups is 1. The minimum atomic E-state index is -0.211. The van der Waals surface area contributed by atoms with Crippen molar-refractivity contribution >= 4 is 16.9 Å². The number of rotatable bonds is 2. The van der Waals surface area contributed by atoms with Crippen LogP contribution in [0.4, 0.5) is 4.79 Å². The Bertz CT molecular complexity index is 945. The molecule has 2 aliphatic heterocycles. The summed E-state index contributed by atoms with van der Waals surface area (Å²) in [4.78, 5) is 20.2. The zero-order chi connectivity index (χ0) is 21.3. The molecule has 3 N–H and O–H groups in total. The van der Waals surface area contributed by atoms with Crippen molar-refractivity contribution in [3.05, 3.63) is 35.5 Å². The van der Waals surface area contributed by atoms with Crippen LogP contribution in [0.3, 0.4) is 0 Å². The van der Waals surface area contributed by atoms with Crippen LogP contribution >= 0.6 is 0 Å². The molecular weight excluding hydrogens is 376 g/mol. The molecule has 2 aliphatic rings. The largest absolute Gasteiger partial charge is 0.361 e. The summed E-state index contributed by atoms with van der Waals surface area (Å²) in [6.45, 7) is 10.3. The van der Waals surface area contributed by atoms with Crippen molar-refractivity contribution in [2.75, 3.05) is 32.7 Å². The molecular formula is C23H32N6O. The molecule has 0 bridgehead atoms. The number of nitriles is 1. The number of aromatic amines is 1. The lowest BCUT2D eigenvalue weighted by molar-refractivity contribution is 0.0736. The Labute approximate surface area is 178 Å². The topological polar surface area (TPSA) is 87.2 Å². The third kappa shape index (κ3) is 4.45. The van der Waals surface area contributed by atoms with Gasteiger partial charge in [-0.1, -0.05) is 0 Å². The van der Waals surface area contributed by atoms with E-state index in [0.717, 1.165) is 51.1 Å². The van der Waals surface area contributed by atoms with E-state index in [0.29, 0.717) is 17.6 Å². The van der Waals surface area contributed by atoms with Crippen molar-refractivity contribution in [3.8, 4) is 6.07 Å². The van der Waals surface area contributed by atoms with Crippen molar-refractivity contribution in [3.63, 3.8) is 0 Å². The minimum absolute atomic E-state index is 0.0312. The number of fused-ring (bicyclic) bond motifs is 1. The van der Waals surface area contributed by atoms with Gasteiger partial charge in [-0.25, -0.2) is 4.79 Å². The first-order chi connectivity index (χ1) is 14.3. The van der Waals surface area contributed by atoms with E-state index in [2.05, 4.69) is 32.8 Å². The molecule has 4 rings (SSSR count). The summed E-state index contributed by atoms with van der Waals surface area (Å²) in [7, 11) is 0. The maximum Gasteiger partial charge on any atom is 0.317 e. The number of piperidine rings is 1. The summed E-state index contributed by atoms with van der Waals surface area (Å²) in [6.07, 6.45) is 4.57. The molecule has 0 radical (unpaired) electrons. The van der Waals surface area contributed by atoms with Crippen molar-refractivity contribution in [1.29, 1.82) is 5.26 Å². The van der Waals surface area contributed by atoms with Crippen LogP contribution in [0.15, 0.2) is 24.4 Å². The van der Waals surface area contributed by atoms with Gasteiger partial charge in [0.25, 0.3) is 0 Å². The van der Waals surface area contributed by atoms with Gasteiger partial charge in [0.05, 0.1) is 17.8 Å². The van der Waals surface area contributed by atoms with Crippen LogP contribution in [-0.2, 0) is 0 Å². The Hall–Kier alpha value is -2.56. The molecule has 2 saturated heterocycles. The van der Waals surface area contributed by atoms with Gasteiger partial charge in [-0.3, -0.25) is 4.90 Å². The third-order valence-electron chi connectivity index (χ3n) is 6.19. The van der Waals surface area contributed by atoms with E-state index < -0.39 is 0 Å². The molecule has 1 unspecified atom stereocenters. The summed E-state index contributed by atoms with van der Waals surface area (Å²) >= 11 is 0. The molecule has 1 aromatic heterocycles. The number of benzene rings is 1. The molecule has 2 fully saturated rings. The molecule has 0 aliphatic carbocycles. The van der Waals surface area contributed by atoms with Crippen LogP contribution in [0.25, 0.3) is 10.9 Å². The molecule has 160 valence electrons. The number of H-pyrrole nitrogens is 1. The Morgan fingerprint density at radius 1 is 1.23 bits per heavy atom. The fourth-order valence-electron chi connectivity index (χ4n) is 4.64. The number of amides is 2. The average Bonchev–Trinajstić information content (AvgIpc) is 3.16. The highest BCUT2D eigenvalue weighted by Gasteiger charge is 2.32. The lowest BCUT2D eigenvalue weighted by Crippen LogP contribution is -2.59. The van der Waals surface area contributed by atoms with Gasteiger partial charge in [-0.2, -0.15) is 5.26 Å². The van der Waals surface area contributed by atoms with E-state index in [1.54, 1.807) is 0 Å². The maximum absolute atomic E-state index is 12.4. The Morgan fingerprint density at radius 3 is 2.70 bits per heavy atom. The Balaban J connectivity index is 1.40. The normalized spacial score (nSPS) is 23.3. The van der Waals surface area contributed by atoms with Crippen molar-refractivity contribution in [2.45, 2.75) is 51.2 Å². The van der Waals surface area contributed by atoms with Crippen LogP contribution in [0.1, 0.15) is 50.7 Å². The van der Waals surface area contributed by atoms with E-state index in [4.69, 9.17) is 0 Å². The quantitative estimate of drug-likeness (QED) is 0.713. The summed E-state index contributed by atoms with van der Waals surface area (Å²) in [5.41, 5.74) is 2.91. The highest BCUT2D eigenvalue weighted by Crippen LogP contribution is 2.34. The van der Waals surface area contributed by atoms with Crippen LogP contribution in [-0.4, -0.2) is 65.2 Å². The molecule has 0 spiro atoms. The predicted octanol–water partition coefficient (Wildman–Crippen LogP) is 2.96. The number of carbonyl (C=O) groups excluding carboxylic acids is 1. The predicted molar refractivity (Wildman–Crippen MR) is 118 cm³/mol. The van der Waals surface area contributed by atoms with Gasteiger partial charge in [-0.15, -0.1) is 0 Å². The van der Waals surface area contributed by atoms with Crippen molar-refractivity contribution in [2.24, 2.45) is 0 Å². The standard InChI is InChI=1S/C23H32N6O/c1-23(2,3)27-22(30)29-10-8-28(9-11-29)21-13-17(6-7-25-21)19-15-26-20-5-4-16(14-24)12-18(19)20/h4-5,12,15,17,21,25-26H,6-11,13H2,1-3H3,(H,27,30)/t17?,21-/m1/s1. The number of hydrogen-bond donors (Lipinski definition) is 3. The number of nitrogens with one attached hydrogen (secondary N) is 3. The third-order valence-corrected chi connectivity index (χ3v) is 6.19. The lowest BCUT2D eigenvalue weighted by Gasteiger charge is -2.43. The van der Waals surface area contributed by atoms with Crippen LogP contribution in [0.5, 0.6) is 0 Å². The van der Waals surface area contributed by atoms with Gasteiger partial charge in [-0.05, 0) is 69.8 Å². The zero-order valence-electron chi connectivity index (χ0n) is 18.2. The first kappa shape index (κ1) is 20.7. The van der Waals surface area contributed by atoms with E-state index in [1.807, 2.05) is 43.9 Å². The number of nitrogens with zero attached hydrogens (tertiary/aromatic N) is 3. The smallest absolute Gasteiger partial charge is 0.317 e. The van der Waals surface area contributed by atoms with Crippen molar-refractivity contribution in [1.82, 2.24) is 25.4 Å². The van der Waals surface area contributed by atoms with E-state index in [1.165, 1.54) is 10.9 Å². The highest BCUT2D eigenvalue weighted by molar-refractivity contribution is 5.85. The molecule has 0 saturated carbocycles. The van der Waals surface area contributed by atoms with E-state index in [9.17, 15) is 10.1 Å². The number of piperazine rings is 1. The first-order valence-corrected chi connectivity index (χ1v) is 10.9. The number of carbonyl (C=O) groups is 1. The monoisotopic (exact) mass is 408 g/mol. The summed E-state index contributed by atoms with van der Waals surface area (Å²) in [6, 6.07) is 8.15. The summed E-state index contributed by atoms with van der Waals surface area (Å²) < 4.78 is 0. The lowest BCUT2D eigenvalue weighted by atomic mass is 9.87. The molecule has 1 aromatic carbocycles. The molecule has 2 aromatic rings. The van der Waals surface area contributed by atoms with Crippen LogP contribution < -0.4 is 10.6 Å². The molecule has 7 nitrogen and oxygen atoms in total. The molecule has 7 heteroatoms. The Kier molecular flexibility index (Phi) is 5.72. The summed E-state index contributed by atoms with van der Waals surface area (Å²) in [5.74, 6) is 0.459. The summed E-state index contributed by atoms with van der Waals surface area (Å²) in [5, 5.41) is 17.2. The second-order valence-electron chi connectivity index (χ2n) is 9.51. The van der Waals surface area contributed by atoms with E-state index >= 15 is 0 Å². The second kappa shape index (κ2) is 8.29. The average molecular weight is 409 g/mol. The first-order valence-electron chi connectivity index (χ1n) is 10.9. The molecule has 30 heavy (non-hydrogen) atoms. The number of aromatic nitrogens is 1. The van der Waals surface area contributed by atoms with Crippen LogP contribution in [0, 0.1) is 11.3 Å². The fourth-order valence-corrected chi connectivity index (χ4v) is 4.64. The van der Waals surface area contributed by atoms with Gasteiger partial charge in [0.2, 0.25) is 0 Å². The van der Waals surface area contributed by atoms with Gasteiger partial charge in [0.15, 0.2) is 0 Å². The molecule has 3 heterocycles. The van der Waals surface area contributed by atoms with E-state index in [-0.39, 0.29) is 11.6 Å². The number of hydrogen-bond acceptors (Lipinski definition) is 4. The second-order valence-corrected chi connectivity index (χ2v) is 9.51. The van der Waals surface area contributed by atoms with Gasteiger partial charge < -0.3 is 20.5 Å². The van der Waals surface area contributed by atoms with Gasteiger partial charge >= 0.3 is 6.03 Å². The maximum atomic E-state index is 12.4. The SMILES string of the molecule is CC(C)(C)NC(=O)N1CCN([C@@H]2CC(c3c[nH]c4ccc(C#N)cc34)CCN2)CC1.